The standard InChI is InChI=1S/C15H17ClN4O/c1-20(10-6-7-17-9-10)15(21)14-8-13(18-19-14)11-4-2-3-5-12(11)16/h2-5,8,10,17H,6-7,9H2,1H3,(H,18,19). The number of nitrogens with one attached hydrogen (secondary N) is 2. The number of amides is 1. The van der Waals surface area contributed by atoms with Gasteiger partial charge in [0.25, 0.3) is 5.91 Å². The Hall–Kier alpha value is -1.85. The third-order valence-electron chi connectivity index (χ3n) is 3.86. The fourth-order valence-corrected chi connectivity index (χ4v) is 2.80. The van der Waals surface area contributed by atoms with Crippen LogP contribution in [0.25, 0.3) is 11.3 Å². The van der Waals surface area contributed by atoms with Gasteiger partial charge in [-0.15, -0.1) is 0 Å². The zero-order chi connectivity index (χ0) is 14.8. The molecule has 0 aliphatic carbocycles. The summed E-state index contributed by atoms with van der Waals surface area (Å²) in [6.07, 6.45) is 0.980. The molecule has 1 aliphatic heterocycles. The summed E-state index contributed by atoms with van der Waals surface area (Å²) in [5.41, 5.74) is 1.99. The quantitative estimate of drug-likeness (QED) is 0.913. The van der Waals surface area contributed by atoms with Crippen LogP contribution in [0.1, 0.15) is 16.9 Å². The zero-order valence-electron chi connectivity index (χ0n) is 11.8. The highest BCUT2D eigenvalue weighted by molar-refractivity contribution is 6.33. The van der Waals surface area contributed by atoms with Gasteiger partial charge in [-0.05, 0) is 25.1 Å². The number of nitrogens with zero attached hydrogens (tertiary/aromatic N) is 2. The van der Waals surface area contributed by atoms with Gasteiger partial charge in [-0.1, -0.05) is 29.8 Å². The van der Waals surface area contributed by atoms with E-state index >= 15 is 0 Å². The molecule has 2 aromatic rings. The summed E-state index contributed by atoms with van der Waals surface area (Å²) < 4.78 is 0. The smallest absolute Gasteiger partial charge is 0.271 e. The van der Waals surface area contributed by atoms with Crippen molar-refractivity contribution < 1.29 is 4.79 Å². The Labute approximate surface area is 128 Å². The summed E-state index contributed by atoms with van der Waals surface area (Å²) >= 11 is 6.16. The van der Waals surface area contributed by atoms with E-state index in [1.807, 2.05) is 31.3 Å². The van der Waals surface area contributed by atoms with E-state index in [9.17, 15) is 4.79 Å². The van der Waals surface area contributed by atoms with E-state index in [1.165, 1.54) is 0 Å². The number of H-pyrrole nitrogens is 1. The number of carbonyl (C=O) groups excluding carboxylic acids is 1. The molecule has 0 spiro atoms. The molecule has 1 atom stereocenters. The van der Waals surface area contributed by atoms with E-state index in [2.05, 4.69) is 15.5 Å². The third kappa shape index (κ3) is 2.80. The molecule has 0 saturated carbocycles. The molecule has 0 radical (unpaired) electrons. The van der Waals surface area contributed by atoms with Crippen molar-refractivity contribution in [1.82, 2.24) is 20.4 Å². The van der Waals surface area contributed by atoms with Crippen LogP contribution >= 0.6 is 11.6 Å². The molecule has 6 heteroatoms. The van der Waals surface area contributed by atoms with Gasteiger partial charge in [-0.3, -0.25) is 9.89 Å². The molecule has 110 valence electrons. The van der Waals surface area contributed by atoms with Crippen LogP contribution < -0.4 is 5.32 Å². The van der Waals surface area contributed by atoms with Crippen molar-refractivity contribution >= 4 is 17.5 Å². The minimum atomic E-state index is -0.0468. The van der Waals surface area contributed by atoms with Gasteiger partial charge in [0.05, 0.1) is 10.7 Å². The van der Waals surface area contributed by atoms with Crippen molar-refractivity contribution in [2.45, 2.75) is 12.5 Å². The van der Waals surface area contributed by atoms with Crippen LogP contribution in [0.2, 0.25) is 5.02 Å². The predicted octanol–water partition coefficient (Wildman–Crippen LogP) is 2.16. The summed E-state index contributed by atoms with van der Waals surface area (Å²) in [7, 11) is 1.83. The van der Waals surface area contributed by atoms with Gasteiger partial charge in [-0.25, -0.2) is 0 Å². The second-order valence-corrected chi connectivity index (χ2v) is 5.62. The highest BCUT2D eigenvalue weighted by atomic mass is 35.5. The van der Waals surface area contributed by atoms with E-state index in [1.54, 1.807) is 11.0 Å². The van der Waals surface area contributed by atoms with E-state index in [-0.39, 0.29) is 11.9 Å². The average molecular weight is 305 g/mol. The van der Waals surface area contributed by atoms with E-state index < -0.39 is 0 Å². The highest BCUT2D eigenvalue weighted by Gasteiger charge is 2.25. The largest absolute Gasteiger partial charge is 0.336 e. The molecule has 0 bridgehead atoms. The van der Waals surface area contributed by atoms with Crippen LogP contribution in [0, 0.1) is 0 Å². The van der Waals surface area contributed by atoms with Gasteiger partial charge in [0, 0.05) is 25.2 Å². The molecule has 1 unspecified atom stereocenters. The lowest BCUT2D eigenvalue weighted by Crippen LogP contribution is -2.38. The normalized spacial score (nSPS) is 17.9. The predicted molar refractivity (Wildman–Crippen MR) is 82.4 cm³/mol. The number of halogens is 1. The SMILES string of the molecule is CN(C(=O)c1cc(-c2ccccc2Cl)n[nH]1)C1CCNC1. The van der Waals surface area contributed by atoms with Crippen molar-refractivity contribution in [1.29, 1.82) is 0 Å². The molecular formula is C15H17ClN4O. The monoisotopic (exact) mass is 304 g/mol. The molecule has 1 amide bonds. The van der Waals surface area contributed by atoms with Crippen LogP contribution in [0.15, 0.2) is 30.3 Å². The summed E-state index contributed by atoms with van der Waals surface area (Å²) in [6, 6.07) is 9.45. The summed E-state index contributed by atoms with van der Waals surface area (Å²) in [5, 5.41) is 10.9. The van der Waals surface area contributed by atoms with Crippen LogP contribution in [-0.2, 0) is 0 Å². The lowest BCUT2D eigenvalue weighted by Gasteiger charge is -2.22. The Balaban J connectivity index is 1.81. The van der Waals surface area contributed by atoms with Gasteiger partial charge in [-0.2, -0.15) is 5.10 Å². The molecule has 1 fully saturated rings. The number of aromatic nitrogens is 2. The van der Waals surface area contributed by atoms with Gasteiger partial charge < -0.3 is 10.2 Å². The van der Waals surface area contributed by atoms with Gasteiger partial charge in [0.1, 0.15) is 5.69 Å². The lowest BCUT2D eigenvalue weighted by atomic mass is 10.1. The Morgan fingerprint density at radius 3 is 2.95 bits per heavy atom. The number of likely N-dealkylation sites (N-methyl/N-ethyl adjacent to an activating group) is 1. The number of hydrogen-bond acceptors (Lipinski definition) is 3. The second-order valence-electron chi connectivity index (χ2n) is 5.21. The first-order valence-electron chi connectivity index (χ1n) is 6.95. The summed E-state index contributed by atoms with van der Waals surface area (Å²) in [4.78, 5) is 14.2. The second kappa shape index (κ2) is 5.87. The number of carbonyl (C=O) groups is 1. The molecule has 1 aromatic heterocycles. The van der Waals surface area contributed by atoms with E-state index in [0.29, 0.717) is 16.4 Å². The fraction of sp³-hybridized carbons (Fsp3) is 0.333. The first kappa shape index (κ1) is 14.1. The minimum Gasteiger partial charge on any atom is -0.336 e. The van der Waals surface area contributed by atoms with Crippen molar-refractivity contribution in [3.63, 3.8) is 0 Å². The van der Waals surface area contributed by atoms with Gasteiger partial charge in [0.2, 0.25) is 0 Å². The van der Waals surface area contributed by atoms with E-state index in [0.717, 1.165) is 25.1 Å². The van der Waals surface area contributed by atoms with Gasteiger partial charge in [0.15, 0.2) is 0 Å². The molecule has 21 heavy (non-hydrogen) atoms. The van der Waals surface area contributed by atoms with Gasteiger partial charge >= 0.3 is 0 Å². The molecular weight excluding hydrogens is 288 g/mol. The lowest BCUT2D eigenvalue weighted by molar-refractivity contribution is 0.0738. The van der Waals surface area contributed by atoms with Crippen LogP contribution in [0.3, 0.4) is 0 Å². The molecule has 2 N–H and O–H groups in total. The average Bonchev–Trinajstić information content (AvgIpc) is 3.17. The Kier molecular flexibility index (Phi) is 3.94. The van der Waals surface area contributed by atoms with Crippen LogP contribution in [0.4, 0.5) is 0 Å². The number of aromatic amines is 1. The molecule has 1 aliphatic rings. The Morgan fingerprint density at radius 1 is 1.43 bits per heavy atom. The number of hydrogen-bond donors (Lipinski definition) is 2. The maximum Gasteiger partial charge on any atom is 0.271 e. The Bertz CT molecular complexity index is 649. The van der Waals surface area contributed by atoms with Crippen LogP contribution in [0.5, 0.6) is 0 Å². The topological polar surface area (TPSA) is 61.0 Å². The fourth-order valence-electron chi connectivity index (χ4n) is 2.56. The maximum absolute atomic E-state index is 12.5. The molecule has 2 heterocycles. The first-order chi connectivity index (χ1) is 10.2. The van der Waals surface area contributed by atoms with Crippen molar-refractivity contribution in [2.75, 3.05) is 20.1 Å². The molecule has 5 nitrogen and oxygen atoms in total. The van der Waals surface area contributed by atoms with E-state index in [4.69, 9.17) is 11.6 Å². The van der Waals surface area contributed by atoms with Crippen molar-refractivity contribution in [2.24, 2.45) is 0 Å². The summed E-state index contributed by atoms with van der Waals surface area (Å²) in [6.45, 7) is 1.80. The van der Waals surface area contributed by atoms with Crippen molar-refractivity contribution in [3.05, 3.63) is 41.0 Å². The molecule has 3 rings (SSSR count). The first-order valence-corrected chi connectivity index (χ1v) is 7.33. The number of benzene rings is 1. The van der Waals surface area contributed by atoms with Crippen molar-refractivity contribution in [3.8, 4) is 11.3 Å². The third-order valence-corrected chi connectivity index (χ3v) is 4.19. The number of rotatable bonds is 3. The van der Waals surface area contributed by atoms with Crippen LogP contribution in [-0.4, -0.2) is 47.2 Å². The molecule has 1 saturated heterocycles. The minimum absolute atomic E-state index is 0.0468. The maximum atomic E-state index is 12.5. The highest BCUT2D eigenvalue weighted by Crippen LogP contribution is 2.26. The Morgan fingerprint density at radius 2 is 2.24 bits per heavy atom. The zero-order valence-corrected chi connectivity index (χ0v) is 12.5. The summed E-state index contributed by atoms with van der Waals surface area (Å²) in [5.74, 6) is -0.0468. The molecule has 1 aromatic carbocycles.